The molecule has 4 heteroatoms. The molecule has 0 aliphatic carbocycles. The smallest absolute Gasteiger partial charge is 0.170 e. The quantitative estimate of drug-likeness (QED) is 0.663. The summed E-state index contributed by atoms with van der Waals surface area (Å²) in [5, 5.41) is 0. The molecule has 1 saturated heterocycles. The SMILES string of the molecule is CCOC(CN1CC(C)C(N)C1)OCC. The second-order valence-corrected chi connectivity index (χ2v) is 4.20. The van der Waals surface area contributed by atoms with E-state index < -0.39 is 0 Å². The van der Waals surface area contributed by atoms with E-state index >= 15 is 0 Å². The molecule has 4 nitrogen and oxygen atoms in total. The standard InChI is InChI=1S/C11H24N2O2/c1-4-14-11(15-5-2)8-13-6-9(3)10(12)7-13/h9-11H,4-8,12H2,1-3H3. The summed E-state index contributed by atoms with van der Waals surface area (Å²) in [5.41, 5.74) is 5.97. The van der Waals surface area contributed by atoms with Gasteiger partial charge in [0.25, 0.3) is 0 Å². The molecule has 90 valence electrons. The molecule has 2 N–H and O–H groups in total. The van der Waals surface area contributed by atoms with E-state index in [9.17, 15) is 0 Å². The van der Waals surface area contributed by atoms with Gasteiger partial charge in [0.2, 0.25) is 0 Å². The van der Waals surface area contributed by atoms with Crippen LogP contribution in [0.2, 0.25) is 0 Å². The van der Waals surface area contributed by atoms with Crippen LogP contribution in [0.3, 0.4) is 0 Å². The van der Waals surface area contributed by atoms with Crippen LogP contribution in [0.5, 0.6) is 0 Å². The minimum absolute atomic E-state index is 0.0995. The highest BCUT2D eigenvalue weighted by molar-refractivity contribution is 4.84. The molecule has 2 atom stereocenters. The Balaban J connectivity index is 2.31. The summed E-state index contributed by atoms with van der Waals surface area (Å²) in [6.07, 6.45) is -0.0995. The molecule has 0 aromatic heterocycles. The molecular weight excluding hydrogens is 192 g/mol. The molecule has 1 heterocycles. The van der Waals surface area contributed by atoms with Crippen LogP contribution in [0.1, 0.15) is 20.8 Å². The Morgan fingerprint density at radius 1 is 1.27 bits per heavy atom. The van der Waals surface area contributed by atoms with Gasteiger partial charge in [-0.3, -0.25) is 4.90 Å². The molecule has 0 saturated carbocycles. The molecule has 0 spiro atoms. The first kappa shape index (κ1) is 12.9. The maximum atomic E-state index is 5.97. The minimum atomic E-state index is -0.0995. The molecule has 1 rings (SSSR count). The van der Waals surface area contributed by atoms with Gasteiger partial charge in [0.05, 0.1) is 0 Å². The zero-order valence-corrected chi connectivity index (χ0v) is 10.1. The van der Waals surface area contributed by atoms with Crippen molar-refractivity contribution in [2.45, 2.75) is 33.1 Å². The topological polar surface area (TPSA) is 47.7 Å². The molecule has 1 fully saturated rings. The van der Waals surface area contributed by atoms with Gasteiger partial charge < -0.3 is 15.2 Å². The number of likely N-dealkylation sites (tertiary alicyclic amines) is 1. The van der Waals surface area contributed by atoms with Gasteiger partial charge in [0.15, 0.2) is 6.29 Å². The predicted octanol–water partition coefficient (Wildman–Crippen LogP) is 0.665. The summed E-state index contributed by atoms with van der Waals surface area (Å²) in [5.74, 6) is 0.578. The number of rotatable bonds is 6. The van der Waals surface area contributed by atoms with Crippen LogP contribution in [-0.2, 0) is 9.47 Å². The first-order valence-electron chi connectivity index (χ1n) is 5.88. The Morgan fingerprint density at radius 3 is 2.27 bits per heavy atom. The maximum absolute atomic E-state index is 5.97. The van der Waals surface area contributed by atoms with Crippen molar-refractivity contribution in [3.8, 4) is 0 Å². The Hall–Kier alpha value is -0.160. The fraction of sp³-hybridized carbons (Fsp3) is 1.00. The van der Waals surface area contributed by atoms with Gasteiger partial charge in [0.1, 0.15) is 0 Å². The maximum Gasteiger partial charge on any atom is 0.170 e. The average molecular weight is 216 g/mol. The lowest BCUT2D eigenvalue weighted by molar-refractivity contribution is -0.145. The fourth-order valence-corrected chi connectivity index (χ4v) is 1.98. The highest BCUT2D eigenvalue weighted by Gasteiger charge is 2.28. The predicted molar refractivity (Wildman–Crippen MR) is 60.6 cm³/mol. The van der Waals surface area contributed by atoms with Crippen molar-refractivity contribution in [3.05, 3.63) is 0 Å². The summed E-state index contributed by atoms with van der Waals surface area (Å²) >= 11 is 0. The fourth-order valence-electron chi connectivity index (χ4n) is 1.98. The molecule has 0 aromatic rings. The summed E-state index contributed by atoms with van der Waals surface area (Å²) in [6, 6.07) is 0.300. The second kappa shape index (κ2) is 6.43. The molecule has 1 aliphatic heterocycles. The van der Waals surface area contributed by atoms with Crippen LogP contribution in [0.25, 0.3) is 0 Å². The number of nitrogens with two attached hydrogens (primary N) is 1. The Morgan fingerprint density at radius 2 is 1.87 bits per heavy atom. The van der Waals surface area contributed by atoms with E-state index in [0.29, 0.717) is 25.2 Å². The first-order valence-corrected chi connectivity index (χ1v) is 5.88. The molecule has 15 heavy (non-hydrogen) atoms. The molecule has 0 bridgehead atoms. The Kier molecular flexibility index (Phi) is 5.53. The van der Waals surface area contributed by atoms with Crippen LogP contribution < -0.4 is 5.73 Å². The van der Waals surface area contributed by atoms with Gasteiger partial charge in [-0.25, -0.2) is 0 Å². The van der Waals surface area contributed by atoms with E-state index in [1.165, 1.54) is 0 Å². The molecule has 0 radical (unpaired) electrons. The number of nitrogens with zero attached hydrogens (tertiary/aromatic N) is 1. The van der Waals surface area contributed by atoms with Crippen LogP contribution in [0.15, 0.2) is 0 Å². The normalized spacial score (nSPS) is 27.8. The van der Waals surface area contributed by atoms with Crippen molar-refractivity contribution in [2.24, 2.45) is 11.7 Å². The molecule has 2 unspecified atom stereocenters. The van der Waals surface area contributed by atoms with Gasteiger partial charge >= 0.3 is 0 Å². The van der Waals surface area contributed by atoms with Gasteiger partial charge in [-0.1, -0.05) is 6.92 Å². The van der Waals surface area contributed by atoms with E-state index in [0.717, 1.165) is 19.6 Å². The van der Waals surface area contributed by atoms with Crippen molar-refractivity contribution in [1.29, 1.82) is 0 Å². The number of hydrogen-bond acceptors (Lipinski definition) is 4. The molecular formula is C11H24N2O2. The van der Waals surface area contributed by atoms with Crippen LogP contribution in [0, 0.1) is 5.92 Å². The van der Waals surface area contributed by atoms with E-state index in [-0.39, 0.29) is 6.29 Å². The zero-order chi connectivity index (χ0) is 11.3. The number of hydrogen-bond donors (Lipinski definition) is 1. The van der Waals surface area contributed by atoms with Crippen LogP contribution in [0.4, 0.5) is 0 Å². The van der Waals surface area contributed by atoms with Crippen molar-refractivity contribution in [1.82, 2.24) is 4.90 Å². The monoisotopic (exact) mass is 216 g/mol. The molecule has 0 amide bonds. The third-order valence-electron chi connectivity index (χ3n) is 2.86. The van der Waals surface area contributed by atoms with Crippen LogP contribution in [-0.4, -0.2) is 50.1 Å². The lowest BCUT2D eigenvalue weighted by Gasteiger charge is -2.23. The lowest BCUT2D eigenvalue weighted by Crippen LogP contribution is -2.36. The lowest BCUT2D eigenvalue weighted by atomic mass is 10.1. The minimum Gasteiger partial charge on any atom is -0.352 e. The van der Waals surface area contributed by atoms with E-state index in [4.69, 9.17) is 15.2 Å². The third kappa shape index (κ3) is 4.07. The molecule has 1 aliphatic rings. The van der Waals surface area contributed by atoms with Crippen molar-refractivity contribution in [3.63, 3.8) is 0 Å². The van der Waals surface area contributed by atoms with Crippen LogP contribution >= 0.6 is 0 Å². The highest BCUT2D eigenvalue weighted by atomic mass is 16.7. The van der Waals surface area contributed by atoms with Gasteiger partial charge in [-0.15, -0.1) is 0 Å². The van der Waals surface area contributed by atoms with Crippen molar-refractivity contribution in [2.75, 3.05) is 32.8 Å². The Labute approximate surface area is 92.7 Å². The number of ether oxygens (including phenoxy) is 2. The van der Waals surface area contributed by atoms with Gasteiger partial charge in [-0.05, 0) is 19.8 Å². The molecule has 0 aromatic carbocycles. The van der Waals surface area contributed by atoms with E-state index in [1.807, 2.05) is 13.8 Å². The Bertz CT molecular complexity index is 162. The highest BCUT2D eigenvalue weighted by Crippen LogP contribution is 2.15. The van der Waals surface area contributed by atoms with E-state index in [1.54, 1.807) is 0 Å². The zero-order valence-electron chi connectivity index (χ0n) is 10.1. The van der Waals surface area contributed by atoms with Gasteiger partial charge in [0, 0.05) is 38.9 Å². The summed E-state index contributed by atoms with van der Waals surface area (Å²) < 4.78 is 11.0. The summed E-state index contributed by atoms with van der Waals surface area (Å²) in [4.78, 5) is 2.32. The average Bonchev–Trinajstić information content (AvgIpc) is 2.47. The summed E-state index contributed by atoms with van der Waals surface area (Å²) in [7, 11) is 0. The third-order valence-corrected chi connectivity index (χ3v) is 2.86. The second-order valence-electron chi connectivity index (χ2n) is 4.20. The van der Waals surface area contributed by atoms with Crippen molar-refractivity contribution < 1.29 is 9.47 Å². The van der Waals surface area contributed by atoms with Gasteiger partial charge in [-0.2, -0.15) is 0 Å². The largest absolute Gasteiger partial charge is 0.352 e. The van der Waals surface area contributed by atoms with Crippen molar-refractivity contribution >= 4 is 0 Å². The first-order chi connectivity index (χ1) is 7.17. The summed E-state index contributed by atoms with van der Waals surface area (Å²) in [6.45, 7) is 10.4. The van der Waals surface area contributed by atoms with E-state index in [2.05, 4.69) is 11.8 Å².